The Bertz CT molecular complexity index is 1580. The van der Waals surface area contributed by atoms with E-state index in [4.69, 9.17) is 34.7 Å². The number of alkyl halides is 3. The number of anilines is 1. The number of benzene rings is 3. The predicted molar refractivity (Wildman–Crippen MR) is 155 cm³/mol. The van der Waals surface area contributed by atoms with E-state index in [1.54, 1.807) is 0 Å². The van der Waals surface area contributed by atoms with Crippen molar-refractivity contribution in [2.24, 2.45) is 16.9 Å². The van der Waals surface area contributed by atoms with Gasteiger partial charge in [0.1, 0.15) is 11.6 Å². The maximum absolute atomic E-state index is 15.7. The summed E-state index contributed by atoms with van der Waals surface area (Å²) in [6.07, 6.45) is -4.68. The first kappa shape index (κ1) is 32.7. The highest BCUT2D eigenvalue weighted by Gasteiger charge is 2.58. The number of halogens is 7. The van der Waals surface area contributed by atoms with Crippen LogP contribution in [-0.4, -0.2) is 23.9 Å². The van der Waals surface area contributed by atoms with Gasteiger partial charge < -0.3 is 22.1 Å². The lowest BCUT2D eigenvalue weighted by Gasteiger charge is -2.40. The first-order valence-corrected chi connectivity index (χ1v) is 13.9. The molecule has 230 valence electrons. The molecule has 1 heterocycles. The number of rotatable bonds is 6. The summed E-state index contributed by atoms with van der Waals surface area (Å²) in [6.45, 7) is 5.69. The van der Waals surface area contributed by atoms with Gasteiger partial charge in [-0.15, -0.1) is 0 Å². The molecule has 0 unspecified atom stereocenters. The number of primary amides is 1. The van der Waals surface area contributed by atoms with E-state index < -0.39 is 69.7 Å². The van der Waals surface area contributed by atoms with E-state index in [1.165, 1.54) is 30.3 Å². The van der Waals surface area contributed by atoms with Crippen molar-refractivity contribution in [3.8, 4) is 0 Å². The maximum atomic E-state index is 15.7. The molecule has 1 aliphatic rings. The minimum absolute atomic E-state index is 0.0523. The van der Waals surface area contributed by atoms with Crippen LogP contribution in [0, 0.1) is 17.0 Å². The van der Waals surface area contributed by atoms with Gasteiger partial charge in [-0.05, 0) is 53.8 Å². The molecule has 0 radical (unpaired) electrons. The minimum Gasteiger partial charge on any atom is -0.366 e. The second kappa shape index (κ2) is 11.7. The van der Waals surface area contributed by atoms with Crippen LogP contribution in [-0.2, 0) is 16.5 Å². The molecule has 0 spiro atoms. The minimum atomic E-state index is -4.96. The number of amides is 2. The van der Waals surface area contributed by atoms with E-state index in [0.29, 0.717) is 6.07 Å². The molecule has 0 aromatic heterocycles. The van der Waals surface area contributed by atoms with Gasteiger partial charge in [-0.1, -0.05) is 62.2 Å². The first-order valence-electron chi connectivity index (χ1n) is 13.1. The van der Waals surface area contributed by atoms with Crippen molar-refractivity contribution in [3.05, 3.63) is 98.5 Å². The molecule has 6 nitrogen and oxygen atoms in total. The van der Waals surface area contributed by atoms with E-state index in [2.05, 4.69) is 10.6 Å². The third-order valence-electron chi connectivity index (χ3n) is 7.48. The fourth-order valence-corrected chi connectivity index (χ4v) is 6.04. The summed E-state index contributed by atoms with van der Waals surface area (Å²) in [6, 6.07) is 8.22. The molecule has 1 saturated heterocycles. The standard InChI is InChI=1S/C30H29Cl2F5N4O2/c1-28(2,3)13-22-29(39,18-10-7-14(31)11-21(18)33)23(17-5-4-6-20(32)24(17)34)25(41-22)27(43)40-15-8-9-16(26(38)42)19(12-15)30(35,36)37/h4-12,22-23,25,41H,13,39H2,1-3H3,(H2,38,42)(H,40,43)/t22-,23-,25+,29+/m0/s1. The Kier molecular flexibility index (Phi) is 8.87. The third-order valence-corrected chi connectivity index (χ3v) is 8.00. The van der Waals surface area contributed by atoms with Gasteiger partial charge in [0.15, 0.2) is 0 Å². The second-order valence-corrected chi connectivity index (χ2v) is 12.6. The number of hydrogen-bond donors (Lipinski definition) is 4. The van der Waals surface area contributed by atoms with E-state index in [9.17, 15) is 22.8 Å². The van der Waals surface area contributed by atoms with Crippen LogP contribution in [0.3, 0.4) is 0 Å². The zero-order valence-corrected chi connectivity index (χ0v) is 24.8. The largest absolute Gasteiger partial charge is 0.417 e. The monoisotopic (exact) mass is 642 g/mol. The van der Waals surface area contributed by atoms with Gasteiger partial charge in [-0.25, -0.2) is 8.78 Å². The predicted octanol–water partition coefficient (Wildman–Crippen LogP) is 6.74. The van der Waals surface area contributed by atoms with Gasteiger partial charge in [-0.2, -0.15) is 13.2 Å². The first-order chi connectivity index (χ1) is 19.8. The molecular formula is C30H29Cl2F5N4O2. The van der Waals surface area contributed by atoms with Gasteiger partial charge in [0.2, 0.25) is 11.8 Å². The molecule has 6 N–H and O–H groups in total. The van der Waals surface area contributed by atoms with Crippen LogP contribution in [0.1, 0.15) is 60.2 Å². The van der Waals surface area contributed by atoms with Crippen LogP contribution in [0.2, 0.25) is 10.0 Å². The van der Waals surface area contributed by atoms with Crippen molar-refractivity contribution < 1.29 is 31.5 Å². The summed E-state index contributed by atoms with van der Waals surface area (Å²) >= 11 is 12.1. The van der Waals surface area contributed by atoms with Crippen LogP contribution in [0.5, 0.6) is 0 Å². The summed E-state index contributed by atoms with van der Waals surface area (Å²) in [5.74, 6) is -5.17. The van der Waals surface area contributed by atoms with Gasteiger partial charge >= 0.3 is 6.18 Å². The Morgan fingerprint density at radius 2 is 1.70 bits per heavy atom. The van der Waals surface area contributed by atoms with Crippen LogP contribution in [0.25, 0.3) is 0 Å². The van der Waals surface area contributed by atoms with Gasteiger partial charge in [0.05, 0.1) is 27.7 Å². The van der Waals surface area contributed by atoms with E-state index in [0.717, 1.165) is 18.2 Å². The van der Waals surface area contributed by atoms with Crippen molar-refractivity contribution in [2.75, 3.05) is 5.32 Å². The van der Waals surface area contributed by atoms with Gasteiger partial charge in [0, 0.05) is 28.2 Å². The Balaban J connectivity index is 1.89. The van der Waals surface area contributed by atoms with E-state index >= 15 is 8.78 Å². The smallest absolute Gasteiger partial charge is 0.366 e. The molecule has 2 amide bonds. The summed E-state index contributed by atoms with van der Waals surface area (Å²) < 4.78 is 72.4. The SMILES string of the molecule is CC(C)(C)C[C@@H]1N[C@@H](C(=O)Nc2ccc(C(N)=O)c(C(F)(F)F)c2)[C@H](c2cccc(Cl)c2F)[C@@]1(N)c1ccc(Cl)cc1F. The third kappa shape index (κ3) is 6.50. The Labute approximate surface area is 254 Å². The quantitative estimate of drug-likeness (QED) is 0.223. The topological polar surface area (TPSA) is 110 Å². The van der Waals surface area contributed by atoms with Crippen LogP contribution in [0.4, 0.5) is 27.6 Å². The fourth-order valence-electron chi connectivity index (χ4n) is 5.70. The zero-order chi connectivity index (χ0) is 32.1. The lowest BCUT2D eigenvalue weighted by molar-refractivity contribution is -0.138. The van der Waals surface area contributed by atoms with Crippen molar-refractivity contribution >= 4 is 40.7 Å². The Morgan fingerprint density at radius 3 is 2.28 bits per heavy atom. The van der Waals surface area contributed by atoms with Crippen LogP contribution < -0.4 is 22.1 Å². The maximum Gasteiger partial charge on any atom is 0.417 e. The average Bonchev–Trinajstić information content (AvgIpc) is 3.16. The number of hydrogen-bond acceptors (Lipinski definition) is 4. The molecule has 1 fully saturated rings. The van der Waals surface area contributed by atoms with E-state index in [1.807, 2.05) is 20.8 Å². The molecule has 13 heteroatoms. The van der Waals surface area contributed by atoms with Crippen molar-refractivity contribution in [2.45, 2.75) is 56.9 Å². The molecule has 4 rings (SSSR count). The van der Waals surface area contributed by atoms with Gasteiger partial charge in [0.25, 0.3) is 0 Å². The highest BCUT2D eigenvalue weighted by molar-refractivity contribution is 6.31. The Hall–Kier alpha value is -3.25. The zero-order valence-electron chi connectivity index (χ0n) is 23.3. The highest BCUT2D eigenvalue weighted by Crippen LogP contribution is 2.50. The van der Waals surface area contributed by atoms with Crippen LogP contribution in [0.15, 0.2) is 54.6 Å². The molecule has 3 aromatic rings. The van der Waals surface area contributed by atoms with Crippen molar-refractivity contribution in [1.82, 2.24) is 5.32 Å². The number of carbonyl (C=O) groups excluding carboxylic acids is 2. The molecule has 0 saturated carbocycles. The molecule has 4 atom stereocenters. The lowest BCUT2D eigenvalue weighted by Crippen LogP contribution is -2.52. The van der Waals surface area contributed by atoms with Gasteiger partial charge in [-0.3, -0.25) is 9.59 Å². The molecular weight excluding hydrogens is 614 g/mol. The number of nitrogens with two attached hydrogens (primary N) is 2. The molecule has 1 aliphatic heterocycles. The molecule has 0 bridgehead atoms. The molecule has 3 aromatic carbocycles. The molecule has 43 heavy (non-hydrogen) atoms. The fraction of sp³-hybridized carbons (Fsp3) is 0.333. The normalized spacial score (nSPS) is 22.4. The summed E-state index contributed by atoms with van der Waals surface area (Å²) in [5.41, 5.74) is 7.40. The van der Waals surface area contributed by atoms with Crippen molar-refractivity contribution in [1.29, 1.82) is 0 Å². The lowest BCUT2D eigenvalue weighted by atomic mass is 9.68. The van der Waals surface area contributed by atoms with Crippen molar-refractivity contribution in [3.63, 3.8) is 0 Å². The highest BCUT2D eigenvalue weighted by atomic mass is 35.5. The Morgan fingerprint density at radius 1 is 1.02 bits per heavy atom. The average molecular weight is 643 g/mol. The summed E-state index contributed by atoms with van der Waals surface area (Å²) in [5, 5.41) is 5.35. The number of carbonyl (C=O) groups is 2. The second-order valence-electron chi connectivity index (χ2n) is 11.8. The molecule has 0 aliphatic carbocycles. The summed E-state index contributed by atoms with van der Waals surface area (Å²) in [4.78, 5) is 25.5. The van der Waals surface area contributed by atoms with Crippen LogP contribution >= 0.6 is 23.2 Å². The summed E-state index contributed by atoms with van der Waals surface area (Å²) in [7, 11) is 0. The van der Waals surface area contributed by atoms with E-state index in [-0.39, 0.29) is 33.3 Å². The number of nitrogens with one attached hydrogen (secondary N) is 2.